The van der Waals surface area contributed by atoms with Gasteiger partial charge in [0.2, 0.25) is 5.95 Å². The van der Waals surface area contributed by atoms with E-state index in [9.17, 15) is 10.1 Å². The first kappa shape index (κ1) is 38.0. The number of benzene rings is 2. The van der Waals surface area contributed by atoms with E-state index in [1.807, 2.05) is 74.3 Å². The van der Waals surface area contributed by atoms with E-state index < -0.39 is 11.0 Å². The molecule has 1 aromatic heterocycles. The molecule has 4 heterocycles. The SMILES string of the molecule is CC(C)(C)OC(=O)N1CC(N2CCC3(CCN(c4nccc(COc5ccc(C(C)(C)c6cc(Cl)c(OCCCl)c(C#N)c6)cc5)n4)CC3)CC2)C1. The van der Waals surface area contributed by atoms with Gasteiger partial charge in [-0.15, -0.1) is 11.6 Å². The lowest BCUT2D eigenvalue weighted by Crippen LogP contribution is -2.63. The van der Waals surface area contributed by atoms with E-state index in [0.717, 1.165) is 80.6 Å². The molecule has 52 heavy (non-hydrogen) atoms. The Morgan fingerprint density at radius 2 is 1.63 bits per heavy atom. The second kappa shape index (κ2) is 15.7. The van der Waals surface area contributed by atoms with Crippen molar-refractivity contribution in [3.63, 3.8) is 0 Å². The topological polar surface area (TPSA) is 104 Å². The summed E-state index contributed by atoms with van der Waals surface area (Å²) in [5, 5.41) is 10.1. The molecule has 3 aliphatic heterocycles. The van der Waals surface area contributed by atoms with Crippen LogP contribution < -0.4 is 14.4 Å². The number of aromatic nitrogens is 2. The van der Waals surface area contributed by atoms with Crippen LogP contribution in [0.25, 0.3) is 0 Å². The lowest BCUT2D eigenvalue weighted by molar-refractivity contribution is -0.0318. The first-order chi connectivity index (χ1) is 24.8. The summed E-state index contributed by atoms with van der Waals surface area (Å²) in [4.78, 5) is 28.6. The fraction of sp³-hybridized carbons (Fsp3) is 0.550. The number of carbonyl (C=O) groups is 1. The Kier molecular flexibility index (Phi) is 11.4. The summed E-state index contributed by atoms with van der Waals surface area (Å²) in [7, 11) is 0. The molecule has 0 aliphatic carbocycles. The summed E-state index contributed by atoms with van der Waals surface area (Å²) in [6.07, 6.45) is 6.28. The van der Waals surface area contributed by atoms with E-state index in [1.165, 1.54) is 12.8 Å². The summed E-state index contributed by atoms with van der Waals surface area (Å²) in [6, 6.07) is 16.2. The van der Waals surface area contributed by atoms with Gasteiger partial charge in [0.15, 0.2) is 5.75 Å². The highest BCUT2D eigenvalue weighted by Gasteiger charge is 2.43. The molecule has 1 spiro atoms. The Hall–Kier alpha value is -3.78. The van der Waals surface area contributed by atoms with Crippen molar-refractivity contribution in [1.82, 2.24) is 19.8 Å². The molecule has 0 saturated carbocycles. The normalized spacial score (nSPS) is 18.1. The standard InChI is InChI=1S/C40H50Cl2N6O4/c1-38(2,3)52-37(49)48-25-32(26-48)46-17-11-40(12-18-46)13-19-47(20-14-40)36-44-16-10-31(45-36)27-51-33-8-6-29(7-9-33)39(4,5)30-22-28(24-43)35(34(42)23-30)50-21-15-41/h6-10,16,22-23,32H,11-15,17-21,25-27H2,1-5H3. The third-order valence-electron chi connectivity index (χ3n) is 10.9. The monoisotopic (exact) mass is 748 g/mol. The molecule has 6 rings (SSSR count). The van der Waals surface area contributed by atoms with Crippen molar-refractivity contribution in [1.29, 1.82) is 5.26 Å². The summed E-state index contributed by atoms with van der Waals surface area (Å²) in [5.41, 5.74) is 2.67. The molecule has 3 saturated heterocycles. The van der Waals surface area contributed by atoms with Gasteiger partial charge in [0.25, 0.3) is 0 Å². The molecule has 3 fully saturated rings. The Balaban J connectivity index is 0.981. The van der Waals surface area contributed by atoms with Crippen LogP contribution in [0, 0.1) is 16.7 Å². The van der Waals surface area contributed by atoms with Crippen LogP contribution in [0.4, 0.5) is 10.7 Å². The van der Waals surface area contributed by atoms with Crippen molar-refractivity contribution in [3.05, 3.63) is 76.1 Å². The van der Waals surface area contributed by atoms with Crippen molar-refractivity contribution < 1.29 is 19.0 Å². The molecular formula is C40H50Cl2N6O4. The average Bonchev–Trinajstić information content (AvgIpc) is 3.10. The molecule has 278 valence electrons. The van der Waals surface area contributed by atoms with Gasteiger partial charge in [-0.25, -0.2) is 14.8 Å². The fourth-order valence-corrected chi connectivity index (χ4v) is 7.79. The molecule has 0 radical (unpaired) electrons. The van der Waals surface area contributed by atoms with E-state index in [1.54, 1.807) is 0 Å². The zero-order valence-electron chi connectivity index (χ0n) is 31.0. The number of hydrogen-bond acceptors (Lipinski definition) is 9. The number of nitrogens with zero attached hydrogens (tertiary/aromatic N) is 6. The molecule has 0 N–H and O–H groups in total. The van der Waals surface area contributed by atoms with Gasteiger partial charge in [-0.05, 0) is 106 Å². The molecular weight excluding hydrogens is 699 g/mol. The lowest BCUT2D eigenvalue weighted by atomic mass is 9.71. The molecule has 3 aromatic rings. The Bertz CT molecular complexity index is 1750. The summed E-state index contributed by atoms with van der Waals surface area (Å²) in [6.45, 7) is 16.1. The summed E-state index contributed by atoms with van der Waals surface area (Å²) in [5.74, 6) is 2.17. The number of anilines is 1. The van der Waals surface area contributed by atoms with Gasteiger partial charge in [-0.2, -0.15) is 5.26 Å². The molecule has 1 amide bonds. The smallest absolute Gasteiger partial charge is 0.410 e. The minimum absolute atomic E-state index is 0.201. The predicted molar refractivity (Wildman–Crippen MR) is 204 cm³/mol. The van der Waals surface area contributed by atoms with Crippen molar-refractivity contribution in [2.75, 3.05) is 56.7 Å². The molecule has 0 bridgehead atoms. The van der Waals surface area contributed by atoms with Crippen molar-refractivity contribution in [2.24, 2.45) is 5.41 Å². The number of ether oxygens (including phenoxy) is 3. The highest BCUT2D eigenvalue weighted by Crippen LogP contribution is 2.43. The fourth-order valence-electron chi connectivity index (χ4n) is 7.44. The van der Waals surface area contributed by atoms with Gasteiger partial charge in [0, 0.05) is 43.8 Å². The maximum Gasteiger partial charge on any atom is 0.410 e. The molecule has 3 aliphatic rings. The van der Waals surface area contributed by atoms with E-state index in [4.69, 9.17) is 42.4 Å². The zero-order chi connectivity index (χ0) is 37.1. The van der Waals surface area contributed by atoms with Crippen LogP contribution >= 0.6 is 23.2 Å². The number of hydrogen-bond donors (Lipinski definition) is 0. The molecule has 10 nitrogen and oxygen atoms in total. The van der Waals surface area contributed by atoms with E-state index in [-0.39, 0.29) is 12.7 Å². The lowest BCUT2D eigenvalue weighted by Gasteiger charge is -2.51. The number of amides is 1. The van der Waals surface area contributed by atoms with Crippen LogP contribution in [0.5, 0.6) is 11.5 Å². The van der Waals surface area contributed by atoms with Crippen LogP contribution in [-0.2, 0) is 16.8 Å². The van der Waals surface area contributed by atoms with Crippen molar-refractivity contribution >= 4 is 35.2 Å². The van der Waals surface area contributed by atoms with Crippen molar-refractivity contribution in [2.45, 2.75) is 84.0 Å². The number of carbonyl (C=O) groups excluding carboxylic acids is 1. The predicted octanol–water partition coefficient (Wildman–Crippen LogP) is 7.83. The van der Waals surface area contributed by atoms with Gasteiger partial charge in [0.05, 0.1) is 22.2 Å². The average molecular weight is 750 g/mol. The highest BCUT2D eigenvalue weighted by molar-refractivity contribution is 6.32. The van der Waals surface area contributed by atoms with Gasteiger partial charge in [-0.3, -0.25) is 4.90 Å². The van der Waals surface area contributed by atoms with E-state index in [2.05, 4.69) is 34.7 Å². The number of nitriles is 1. The van der Waals surface area contributed by atoms with Gasteiger partial charge in [-0.1, -0.05) is 37.6 Å². The second-order valence-electron chi connectivity index (χ2n) is 15.8. The minimum atomic E-state index is -0.459. The van der Waals surface area contributed by atoms with Gasteiger partial charge in [0.1, 0.15) is 30.6 Å². The first-order valence-corrected chi connectivity index (χ1v) is 19.2. The van der Waals surface area contributed by atoms with E-state index in [0.29, 0.717) is 40.3 Å². The van der Waals surface area contributed by atoms with Crippen LogP contribution in [0.1, 0.15) is 82.7 Å². The minimum Gasteiger partial charge on any atom is -0.489 e. The third-order valence-corrected chi connectivity index (χ3v) is 11.3. The first-order valence-electron chi connectivity index (χ1n) is 18.2. The number of halogens is 2. The van der Waals surface area contributed by atoms with E-state index >= 15 is 0 Å². The summed E-state index contributed by atoms with van der Waals surface area (Å²) >= 11 is 12.3. The second-order valence-corrected chi connectivity index (χ2v) is 16.6. The Morgan fingerprint density at radius 1 is 0.962 bits per heavy atom. The largest absolute Gasteiger partial charge is 0.489 e. The molecule has 12 heteroatoms. The number of piperidine rings is 2. The molecule has 0 atom stereocenters. The third kappa shape index (κ3) is 8.70. The van der Waals surface area contributed by atoms with Crippen LogP contribution in [0.3, 0.4) is 0 Å². The Labute approximate surface area is 318 Å². The summed E-state index contributed by atoms with van der Waals surface area (Å²) < 4.78 is 17.3. The Morgan fingerprint density at radius 3 is 2.27 bits per heavy atom. The number of likely N-dealkylation sites (tertiary alicyclic amines) is 2. The maximum atomic E-state index is 12.4. The van der Waals surface area contributed by atoms with Crippen LogP contribution in [0.2, 0.25) is 5.02 Å². The van der Waals surface area contributed by atoms with Gasteiger partial charge < -0.3 is 24.0 Å². The van der Waals surface area contributed by atoms with Crippen molar-refractivity contribution in [3.8, 4) is 17.6 Å². The molecule has 0 unspecified atom stereocenters. The van der Waals surface area contributed by atoms with Crippen LogP contribution in [-0.4, -0.2) is 89.3 Å². The quantitative estimate of drug-likeness (QED) is 0.192. The number of alkyl halides is 1. The maximum absolute atomic E-state index is 12.4. The molecule has 2 aromatic carbocycles. The zero-order valence-corrected chi connectivity index (χ0v) is 32.5. The number of rotatable bonds is 10. The van der Waals surface area contributed by atoms with Gasteiger partial charge >= 0.3 is 6.09 Å². The highest BCUT2D eigenvalue weighted by atomic mass is 35.5. The van der Waals surface area contributed by atoms with Crippen LogP contribution in [0.15, 0.2) is 48.7 Å².